The van der Waals surface area contributed by atoms with Gasteiger partial charge in [0.2, 0.25) is 0 Å². The second kappa shape index (κ2) is 6.17. The molecule has 0 bridgehead atoms. The first-order valence-electron chi connectivity index (χ1n) is 6.81. The number of ether oxygens (including phenoxy) is 1. The predicted molar refractivity (Wildman–Crippen MR) is 74.6 cm³/mol. The molecule has 0 amide bonds. The molecule has 0 aromatic carbocycles. The summed E-state index contributed by atoms with van der Waals surface area (Å²) in [5.74, 6) is 0.699. The zero-order valence-electron chi connectivity index (χ0n) is 12.2. The van der Waals surface area contributed by atoms with Crippen LogP contribution in [-0.2, 0) is 16.1 Å². The number of carboxylic acids is 1. The van der Waals surface area contributed by atoms with Crippen molar-refractivity contribution in [2.24, 2.45) is 11.8 Å². The summed E-state index contributed by atoms with van der Waals surface area (Å²) in [5.41, 5.74) is 0.868. The highest BCUT2D eigenvalue weighted by Crippen LogP contribution is 2.26. The molecule has 6 heteroatoms. The number of carboxylic acid groups (broad SMARTS) is 1. The maximum absolute atomic E-state index is 11.2. The zero-order valence-corrected chi connectivity index (χ0v) is 12.2. The van der Waals surface area contributed by atoms with Crippen LogP contribution in [0.4, 0.5) is 5.82 Å². The van der Waals surface area contributed by atoms with Gasteiger partial charge in [-0.05, 0) is 19.3 Å². The normalized spacial score (nSPS) is 22.9. The molecule has 0 saturated carbocycles. The number of aryl methyl sites for hydroxylation is 1. The van der Waals surface area contributed by atoms with Crippen LogP contribution in [0, 0.1) is 18.8 Å². The number of aliphatic carboxylic acids is 1. The van der Waals surface area contributed by atoms with Crippen molar-refractivity contribution in [2.75, 3.05) is 25.1 Å². The monoisotopic (exact) mass is 279 g/mol. The van der Waals surface area contributed by atoms with E-state index >= 15 is 0 Å². The molecule has 1 saturated heterocycles. The second-order valence-electron chi connectivity index (χ2n) is 5.50. The highest BCUT2D eigenvalue weighted by molar-refractivity contribution is 5.71. The molecule has 1 aliphatic rings. The first kappa shape index (κ1) is 14.7. The van der Waals surface area contributed by atoms with E-state index in [9.17, 15) is 9.90 Å². The molecular formula is C14H21N3O3. The van der Waals surface area contributed by atoms with Gasteiger partial charge in [0.1, 0.15) is 12.4 Å². The van der Waals surface area contributed by atoms with E-state index < -0.39 is 5.97 Å². The van der Waals surface area contributed by atoms with Crippen molar-refractivity contribution >= 4 is 11.8 Å². The van der Waals surface area contributed by atoms with Gasteiger partial charge in [-0.25, -0.2) is 9.97 Å². The van der Waals surface area contributed by atoms with Crippen molar-refractivity contribution in [1.29, 1.82) is 0 Å². The molecule has 2 rings (SSSR count). The van der Waals surface area contributed by atoms with Crippen molar-refractivity contribution in [2.45, 2.75) is 26.9 Å². The van der Waals surface area contributed by atoms with E-state index in [1.807, 2.05) is 17.9 Å². The highest BCUT2D eigenvalue weighted by atomic mass is 16.5. The summed E-state index contributed by atoms with van der Waals surface area (Å²) >= 11 is 0. The van der Waals surface area contributed by atoms with Crippen LogP contribution in [0.15, 0.2) is 6.07 Å². The Bertz CT molecular complexity index is 493. The Morgan fingerprint density at radius 3 is 2.90 bits per heavy atom. The molecule has 20 heavy (non-hydrogen) atoms. The SMILES string of the molecule is COCc1nc(C)cc(N2CC(C)CC(C(=O)O)C2)n1. The molecule has 1 N–H and O–H groups in total. The van der Waals surface area contributed by atoms with Crippen molar-refractivity contribution in [3.8, 4) is 0 Å². The first-order chi connectivity index (χ1) is 9.49. The average Bonchev–Trinajstić information content (AvgIpc) is 2.37. The molecule has 2 unspecified atom stereocenters. The lowest BCUT2D eigenvalue weighted by Crippen LogP contribution is -2.43. The maximum atomic E-state index is 11.2. The summed E-state index contributed by atoms with van der Waals surface area (Å²) < 4.78 is 5.07. The van der Waals surface area contributed by atoms with Crippen LogP contribution < -0.4 is 4.90 Å². The molecule has 1 aliphatic heterocycles. The Morgan fingerprint density at radius 1 is 1.50 bits per heavy atom. The summed E-state index contributed by atoms with van der Waals surface area (Å²) in [6.07, 6.45) is 0.723. The largest absolute Gasteiger partial charge is 0.481 e. The molecule has 1 fully saturated rings. The summed E-state index contributed by atoms with van der Waals surface area (Å²) in [5, 5.41) is 9.23. The number of nitrogens with zero attached hydrogens (tertiary/aromatic N) is 3. The van der Waals surface area contributed by atoms with Gasteiger partial charge in [-0.1, -0.05) is 6.92 Å². The molecule has 1 aromatic rings. The number of rotatable bonds is 4. The van der Waals surface area contributed by atoms with E-state index in [1.54, 1.807) is 7.11 Å². The number of hydrogen-bond acceptors (Lipinski definition) is 5. The van der Waals surface area contributed by atoms with Crippen molar-refractivity contribution in [3.63, 3.8) is 0 Å². The van der Waals surface area contributed by atoms with Gasteiger partial charge in [-0.3, -0.25) is 4.79 Å². The minimum absolute atomic E-state index is 0.333. The van der Waals surface area contributed by atoms with Gasteiger partial charge >= 0.3 is 5.97 Å². The van der Waals surface area contributed by atoms with Gasteiger partial charge in [0.05, 0.1) is 5.92 Å². The van der Waals surface area contributed by atoms with Crippen LogP contribution in [0.2, 0.25) is 0 Å². The highest BCUT2D eigenvalue weighted by Gasteiger charge is 2.30. The Hall–Kier alpha value is -1.69. The molecule has 0 radical (unpaired) electrons. The summed E-state index contributed by atoms with van der Waals surface area (Å²) in [6.45, 7) is 5.67. The van der Waals surface area contributed by atoms with Gasteiger partial charge in [0.25, 0.3) is 0 Å². The molecule has 1 aromatic heterocycles. The Morgan fingerprint density at radius 2 is 2.25 bits per heavy atom. The first-order valence-corrected chi connectivity index (χ1v) is 6.81. The van der Waals surface area contributed by atoms with Gasteiger partial charge in [-0.15, -0.1) is 0 Å². The smallest absolute Gasteiger partial charge is 0.308 e. The predicted octanol–water partition coefficient (Wildman–Crippen LogP) is 1.48. The van der Waals surface area contributed by atoms with Crippen molar-refractivity contribution < 1.29 is 14.6 Å². The lowest BCUT2D eigenvalue weighted by Gasteiger charge is -2.35. The van der Waals surface area contributed by atoms with Crippen LogP contribution >= 0.6 is 0 Å². The van der Waals surface area contributed by atoms with Gasteiger partial charge in [0, 0.05) is 32.0 Å². The fourth-order valence-corrected chi connectivity index (χ4v) is 2.69. The molecule has 2 atom stereocenters. The number of aromatic nitrogens is 2. The third-order valence-corrected chi connectivity index (χ3v) is 3.49. The molecule has 0 spiro atoms. The molecular weight excluding hydrogens is 258 g/mol. The number of hydrogen-bond donors (Lipinski definition) is 1. The van der Waals surface area contributed by atoms with Crippen LogP contribution in [0.3, 0.4) is 0 Å². The average molecular weight is 279 g/mol. The van der Waals surface area contributed by atoms with Crippen LogP contribution in [-0.4, -0.2) is 41.2 Å². The Kier molecular flexibility index (Phi) is 4.54. The third-order valence-electron chi connectivity index (χ3n) is 3.49. The van der Waals surface area contributed by atoms with Gasteiger partial charge < -0.3 is 14.7 Å². The number of methoxy groups -OCH3 is 1. The van der Waals surface area contributed by atoms with E-state index in [0.29, 0.717) is 24.9 Å². The van der Waals surface area contributed by atoms with Gasteiger partial charge in [0.15, 0.2) is 5.82 Å². The fraction of sp³-hybridized carbons (Fsp3) is 0.643. The summed E-state index contributed by atoms with van der Waals surface area (Å²) in [6, 6.07) is 1.90. The standard InChI is InChI=1S/C14H21N3O3/c1-9-4-11(14(18)19)7-17(6-9)13-5-10(2)15-12(16-13)8-20-3/h5,9,11H,4,6-8H2,1-3H3,(H,18,19). The fourth-order valence-electron chi connectivity index (χ4n) is 2.69. The summed E-state index contributed by atoms with van der Waals surface area (Å²) in [7, 11) is 1.61. The Labute approximate surface area is 118 Å². The Balaban J connectivity index is 2.23. The van der Waals surface area contributed by atoms with Crippen molar-refractivity contribution in [1.82, 2.24) is 9.97 Å². The number of piperidine rings is 1. The summed E-state index contributed by atoms with van der Waals surface area (Å²) in [4.78, 5) is 22.1. The van der Waals surface area contributed by atoms with Crippen LogP contribution in [0.5, 0.6) is 0 Å². The molecule has 6 nitrogen and oxygen atoms in total. The van der Waals surface area contributed by atoms with E-state index in [0.717, 1.165) is 24.5 Å². The topological polar surface area (TPSA) is 75.5 Å². The minimum atomic E-state index is -0.732. The number of anilines is 1. The second-order valence-corrected chi connectivity index (χ2v) is 5.50. The van der Waals surface area contributed by atoms with E-state index in [-0.39, 0.29) is 5.92 Å². The minimum Gasteiger partial charge on any atom is -0.481 e. The van der Waals surface area contributed by atoms with E-state index in [2.05, 4.69) is 16.9 Å². The third kappa shape index (κ3) is 3.45. The van der Waals surface area contributed by atoms with E-state index in [4.69, 9.17) is 4.74 Å². The van der Waals surface area contributed by atoms with E-state index in [1.165, 1.54) is 0 Å². The molecule has 0 aliphatic carbocycles. The van der Waals surface area contributed by atoms with Crippen LogP contribution in [0.1, 0.15) is 24.9 Å². The maximum Gasteiger partial charge on any atom is 0.308 e. The van der Waals surface area contributed by atoms with Crippen LogP contribution in [0.25, 0.3) is 0 Å². The molecule has 2 heterocycles. The molecule has 110 valence electrons. The lowest BCUT2D eigenvalue weighted by molar-refractivity contribution is -0.142. The van der Waals surface area contributed by atoms with Gasteiger partial charge in [-0.2, -0.15) is 0 Å². The lowest BCUT2D eigenvalue weighted by atomic mass is 9.90. The zero-order chi connectivity index (χ0) is 14.7. The number of carbonyl (C=O) groups is 1. The quantitative estimate of drug-likeness (QED) is 0.899. The van der Waals surface area contributed by atoms with Crippen molar-refractivity contribution in [3.05, 3.63) is 17.6 Å².